The molecule has 1 amide bonds. The molecule has 0 radical (unpaired) electrons. The van der Waals surface area contributed by atoms with Gasteiger partial charge in [-0.2, -0.15) is 4.98 Å². The molecule has 0 saturated carbocycles. The molecule has 1 unspecified atom stereocenters. The molecule has 0 aliphatic carbocycles. The maximum Gasteiger partial charge on any atom is 0.246 e. The third kappa shape index (κ3) is 4.35. The first kappa shape index (κ1) is 15.6. The number of nitrogens with zero attached hydrogens (tertiary/aromatic N) is 2. The number of carbonyl (C=O) groups is 1. The number of aromatic nitrogens is 2. The monoisotopic (exact) mass is 319 g/mol. The summed E-state index contributed by atoms with van der Waals surface area (Å²) in [6, 6.07) is 5.81. The molecule has 2 heterocycles. The van der Waals surface area contributed by atoms with E-state index in [0.29, 0.717) is 23.7 Å². The predicted octanol–water partition coefficient (Wildman–Crippen LogP) is 2.45. The predicted molar refractivity (Wildman–Crippen MR) is 79.7 cm³/mol. The van der Waals surface area contributed by atoms with Gasteiger partial charge in [0.15, 0.2) is 0 Å². The number of benzene rings is 1. The second kappa shape index (κ2) is 7.32. The summed E-state index contributed by atoms with van der Waals surface area (Å²) in [5.74, 6) is 0.250. The SMILES string of the molecule is O=C(CC1CCCCO1)NCc1nc(-c2ccc(F)cc2)no1. The van der Waals surface area contributed by atoms with Gasteiger partial charge < -0.3 is 14.6 Å². The van der Waals surface area contributed by atoms with Crippen LogP contribution in [0.3, 0.4) is 0 Å². The summed E-state index contributed by atoms with van der Waals surface area (Å²) in [7, 11) is 0. The maximum atomic E-state index is 12.9. The first-order valence-corrected chi connectivity index (χ1v) is 7.67. The lowest BCUT2D eigenvalue weighted by atomic mass is 10.1. The van der Waals surface area contributed by atoms with Gasteiger partial charge in [0.1, 0.15) is 5.82 Å². The van der Waals surface area contributed by atoms with Crippen LogP contribution in [0, 0.1) is 5.82 Å². The minimum absolute atomic E-state index is 0.00112. The Bertz CT molecular complexity index is 651. The van der Waals surface area contributed by atoms with Gasteiger partial charge in [-0.15, -0.1) is 0 Å². The highest BCUT2D eigenvalue weighted by Gasteiger charge is 2.18. The molecule has 0 bridgehead atoms. The molecule has 23 heavy (non-hydrogen) atoms. The van der Waals surface area contributed by atoms with Crippen molar-refractivity contribution in [3.8, 4) is 11.4 Å². The topological polar surface area (TPSA) is 77.2 Å². The number of carbonyl (C=O) groups excluding carboxylic acids is 1. The van der Waals surface area contributed by atoms with Crippen LogP contribution in [0.1, 0.15) is 31.6 Å². The van der Waals surface area contributed by atoms with Gasteiger partial charge >= 0.3 is 0 Å². The van der Waals surface area contributed by atoms with Crippen molar-refractivity contribution in [2.24, 2.45) is 0 Å². The number of ether oxygens (including phenoxy) is 1. The molecule has 1 aromatic carbocycles. The smallest absolute Gasteiger partial charge is 0.246 e. The fourth-order valence-corrected chi connectivity index (χ4v) is 2.46. The molecule has 1 N–H and O–H groups in total. The molecule has 2 aromatic rings. The quantitative estimate of drug-likeness (QED) is 0.916. The molecule has 1 aliphatic heterocycles. The Balaban J connectivity index is 1.50. The Labute approximate surface area is 133 Å². The van der Waals surface area contributed by atoms with Crippen molar-refractivity contribution in [2.45, 2.75) is 38.3 Å². The van der Waals surface area contributed by atoms with Crippen molar-refractivity contribution >= 4 is 5.91 Å². The normalized spacial score (nSPS) is 17.9. The van der Waals surface area contributed by atoms with Gasteiger partial charge in [-0.1, -0.05) is 5.16 Å². The highest BCUT2D eigenvalue weighted by atomic mass is 19.1. The Morgan fingerprint density at radius 1 is 1.30 bits per heavy atom. The van der Waals surface area contributed by atoms with E-state index < -0.39 is 0 Å². The second-order valence-electron chi connectivity index (χ2n) is 5.49. The zero-order valence-corrected chi connectivity index (χ0v) is 12.6. The first-order chi connectivity index (χ1) is 11.2. The Morgan fingerprint density at radius 3 is 2.87 bits per heavy atom. The van der Waals surface area contributed by atoms with E-state index in [4.69, 9.17) is 9.26 Å². The van der Waals surface area contributed by atoms with E-state index in [0.717, 1.165) is 25.9 Å². The number of amides is 1. The van der Waals surface area contributed by atoms with Crippen molar-refractivity contribution in [3.63, 3.8) is 0 Å². The van der Waals surface area contributed by atoms with Gasteiger partial charge in [0.05, 0.1) is 19.1 Å². The Hall–Kier alpha value is -2.28. The van der Waals surface area contributed by atoms with Gasteiger partial charge in [0, 0.05) is 12.2 Å². The van der Waals surface area contributed by atoms with Crippen LogP contribution >= 0.6 is 0 Å². The molecule has 3 rings (SSSR count). The highest BCUT2D eigenvalue weighted by Crippen LogP contribution is 2.17. The van der Waals surface area contributed by atoms with Crippen LogP contribution in [-0.4, -0.2) is 28.8 Å². The van der Waals surface area contributed by atoms with E-state index in [9.17, 15) is 9.18 Å². The third-order valence-electron chi connectivity index (χ3n) is 3.69. The number of nitrogens with one attached hydrogen (secondary N) is 1. The van der Waals surface area contributed by atoms with Crippen LogP contribution in [0.15, 0.2) is 28.8 Å². The lowest BCUT2D eigenvalue weighted by Crippen LogP contribution is -2.30. The zero-order chi connectivity index (χ0) is 16.1. The largest absolute Gasteiger partial charge is 0.378 e. The summed E-state index contributed by atoms with van der Waals surface area (Å²) >= 11 is 0. The van der Waals surface area contributed by atoms with Gasteiger partial charge in [-0.3, -0.25) is 4.79 Å². The highest BCUT2D eigenvalue weighted by molar-refractivity contribution is 5.76. The third-order valence-corrected chi connectivity index (χ3v) is 3.69. The van der Waals surface area contributed by atoms with Gasteiger partial charge in [-0.25, -0.2) is 4.39 Å². The Kier molecular flexibility index (Phi) is 4.97. The van der Waals surface area contributed by atoms with Crippen LogP contribution < -0.4 is 5.32 Å². The van der Waals surface area contributed by atoms with Crippen LogP contribution in [0.4, 0.5) is 4.39 Å². The molecular formula is C16H18FN3O3. The lowest BCUT2D eigenvalue weighted by Gasteiger charge is -2.21. The average Bonchev–Trinajstić information content (AvgIpc) is 3.04. The summed E-state index contributed by atoms with van der Waals surface area (Å²) in [4.78, 5) is 16.1. The van der Waals surface area contributed by atoms with E-state index >= 15 is 0 Å². The zero-order valence-electron chi connectivity index (χ0n) is 12.6. The van der Waals surface area contributed by atoms with Crippen molar-refractivity contribution in [3.05, 3.63) is 36.0 Å². The molecule has 6 nitrogen and oxygen atoms in total. The van der Waals surface area contributed by atoms with E-state index in [1.165, 1.54) is 12.1 Å². The summed E-state index contributed by atoms with van der Waals surface area (Å²) in [6.45, 7) is 0.891. The molecule has 1 aromatic heterocycles. The van der Waals surface area contributed by atoms with Gasteiger partial charge in [-0.05, 0) is 43.5 Å². The number of hydrogen-bond acceptors (Lipinski definition) is 5. The number of hydrogen-bond donors (Lipinski definition) is 1. The molecule has 7 heteroatoms. The Morgan fingerprint density at radius 2 is 2.13 bits per heavy atom. The van der Waals surface area contributed by atoms with E-state index in [1.54, 1.807) is 12.1 Å². The molecule has 0 spiro atoms. The van der Waals surface area contributed by atoms with Crippen LogP contribution in [0.5, 0.6) is 0 Å². The fourth-order valence-electron chi connectivity index (χ4n) is 2.46. The van der Waals surface area contributed by atoms with Crippen LogP contribution in [0.25, 0.3) is 11.4 Å². The van der Waals surface area contributed by atoms with E-state index in [-0.39, 0.29) is 24.4 Å². The van der Waals surface area contributed by atoms with Crippen LogP contribution in [0.2, 0.25) is 0 Å². The molecule has 122 valence electrons. The molecule has 1 fully saturated rings. The summed E-state index contributed by atoms with van der Waals surface area (Å²) in [6.07, 6.45) is 3.43. The van der Waals surface area contributed by atoms with Crippen molar-refractivity contribution in [1.82, 2.24) is 15.5 Å². The summed E-state index contributed by atoms with van der Waals surface area (Å²) in [5.41, 5.74) is 0.656. The fraction of sp³-hybridized carbons (Fsp3) is 0.438. The molecule has 1 atom stereocenters. The van der Waals surface area contributed by atoms with E-state index in [1.807, 2.05) is 0 Å². The second-order valence-corrected chi connectivity index (χ2v) is 5.49. The van der Waals surface area contributed by atoms with Gasteiger partial charge in [0.25, 0.3) is 0 Å². The standard InChI is InChI=1S/C16H18FN3O3/c17-12-6-4-11(5-7-12)16-19-15(23-20-16)10-18-14(21)9-13-3-1-2-8-22-13/h4-7,13H,1-3,8-10H2,(H,18,21). The van der Waals surface area contributed by atoms with Crippen molar-refractivity contribution in [2.75, 3.05) is 6.61 Å². The van der Waals surface area contributed by atoms with Crippen molar-refractivity contribution < 1.29 is 18.4 Å². The molecular weight excluding hydrogens is 301 g/mol. The molecule has 1 aliphatic rings. The number of rotatable bonds is 5. The average molecular weight is 319 g/mol. The maximum absolute atomic E-state index is 12.9. The van der Waals surface area contributed by atoms with Crippen LogP contribution in [-0.2, 0) is 16.1 Å². The lowest BCUT2D eigenvalue weighted by molar-refractivity contribution is -0.125. The van der Waals surface area contributed by atoms with Crippen molar-refractivity contribution in [1.29, 1.82) is 0 Å². The van der Waals surface area contributed by atoms with Gasteiger partial charge in [0.2, 0.25) is 17.6 Å². The first-order valence-electron chi connectivity index (χ1n) is 7.67. The van der Waals surface area contributed by atoms with E-state index in [2.05, 4.69) is 15.5 Å². The minimum atomic E-state index is -0.324. The summed E-state index contributed by atoms with van der Waals surface area (Å²) in [5, 5.41) is 6.57. The minimum Gasteiger partial charge on any atom is -0.378 e. The number of halogens is 1. The molecule has 1 saturated heterocycles. The summed E-state index contributed by atoms with van der Waals surface area (Å²) < 4.78 is 23.5.